The van der Waals surface area contributed by atoms with Crippen LogP contribution >= 0.6 is 11.6 Å². The molecule has 1 atom stereocenters. The van der Waals surface area contributed by atoms with Crippen molar-refractivity contribution in [3.05, 3.63) is 46.3 Å². The van der Waals surface area contributed by atoms with Crippen LogP contribution in [0.4, 0.5) is 9.18 Å². The molecule has 1 unspecified atom stereocenters. The van der Waals surface area contributed by atoms with Crippen LogP contribution in [0, 0.1) is 12.7 Å². The molecule has 0 saturated carbocycles. The van der Waals surface area contributed by atoms with Crippen molar-refractivity contribution in [2.45, 2.75) is 38.6 Å². The minimum atomic E-state index is -0.398. The summed E-state index contributed by atoms with van der Waals surface area (Å²) in [7, 11) is 0. The molecule has 8 heteroatoms. The number of carbonyl (C=O) groups is 1. The maximum Gasteiger partial charge on any atom is 0.317 e. The van der Waals surface area contributed by atoms with Crippen LogP contribution in [0.5, 0.6) is 0 Å². The molecule has 0 radical (unpaired) electrons. The van der Waals surface area contributed by atoms with Crippen LogP contribution in [-0.2, 0) is 0 Å². The Morgan fingerprint density at radius 3 is 2.76 bits per heavy atom. The Labute approximate surface area is 150 Å². The molecular weight excluding hydrogens is 347 g/mol. The smallest absolute Gasteiger partial charge is 0.317 e. The molecule has 1 fully saturated rings. The molecule has 0 spiro atoms. The molecule has 2 aromatic rings. The van der Waals surface area contributed by atoms with E-state index in [1.54, 1.807) is 17.9 Å². The molecule has 0 aliphatic carbocycles. The van der Waals surface area contributed by atoms with Gasteiger partial charge in [0.25, 0.3) is 0 Å². The van der Waals surface area contributed by atoms with Gasteiger partial charge in [0.1, 0.15) is 5.82 Å². The van der Waals surface area contributed by atoms with E-state index in [1.165, 1.54) is 12.1 Å². The van der Waals surface area contributed by atoms with Crippen molar-refractivity contribution in [3.8, 4) is 0 Å². The number of aromatic nitrogens is 2. The van der Waals surface area contributed by atoms with E-state index in [4.69, 9.17) is 16.1 Å². The number of nitrogens with zero attached hydrogens (tertiary/aromatic N) is 3. The maximum atomic E-state index is 13.1. The molecule has 134 valence electrons. The van der Waals surface area contributed by atoms with Gasteiger partial charge in [-0.25, -0.2) is 9.18 Å². The first-order chi connectivity index (χ1) is 11.9. The van der Waals surface area contributed by atoms with Gasteiger partial charge in [0, 0.05) is 24.0 Å². The highest BCUT2D eigenvalue weighted by molar-refractivity contribution is 6.31. The van der Waals surface area contributed by atoms with Gasteiger partial charge >= 0.3 is 6.03 Å². The van der Waals surface area contributed by atoms with E-state index < -0.39 is 5.82 Å². The highest BCUT2D eigenvalue weighted by Gasteiger charge is 2.28. The summed E-state index contributed by atoms with van der Waals surface area (Å²) < 4.78 is 18.4. The van der Waals surface area contributed by atoms with Crippen molar-refractivity contribution in [1.82, 2.24) is 20.4 Å². The Morgan fingerprint density at radius 1 is 1.44 bits per heavy atom. The molecule has 1 aliphatic rings. The third-order valence-electron chi connectivity index (χ3n) is 4.44. The number of likely N-dealkylation sites (tertiary alicyclic amines) is 1. The Kier molecular flexibility index (Phi) is 5.22. The Balaban J connectivity index is 1.55. The second-order valence-electron chi connectivity index (χ2n) is 6.28. The van der Waals surface area contributed by atoms with Crippen LogP contribution in [0.1, 0.15) is 49.0 Å². The summed E-state index contributed by atoms with van der Waals surface area (Å²) >= 11 is 6.05. The van der Waals surface area contributed by atoms with Crippen molar-refractivity contribution in [3.63, 3.8) is 0 Å². The molecule has 1 aromatic carbocycles. The van der Waals surface area contributed by atoms with E-state index in [9.17, 15) is 9.18 Å². The van der Waals surface area contributed by atoms with E-state index in [0.717, 1.165) is 12.8 Å². The fourth-order valence-electron chi connectivity index (χ4n) is 3.02. The lowest BCUT2D eigenvalue weighted by atomic mass is 9.97. The first-order valence-corrected chi connectivity index (χ1v) is 8.62. The van der Waals surface area contributed by atoms with E-state index in [0.29, 0.717) is 35.4 Å². The molecule has 1 N–H and O–H groups in total. The largest absolute Gasteiger partial charge is 0.339 e. The molecule has 1 saturated heterocycles. The number of rotatable bonds is 3. The van der Waals surface area contributed by atoms with Crippen LogP contribution in [0.2, 0.25) is 5.02 Å². The van der Waals surface area contributed by atoms with Crippen molar-refractivity contribution in [1.29, 1.82) is 0 Å². The van der Waals surface area contributed by atoms with E-state index >= 15 is 0 Å². The number of halogens is 2. The lowest BCUT2D eigenvalue weighted by molar-refractivity contribution is 0.172. The summed E-state index contributed by atoms with van der Waals surface area (Å²) in [5.41, 5.74) is 0.688. The fourth-order valence-corrected chi connectivity index (χ4v) is 3.35. The second-order valence-corrected chi connectivity index (χ2v) is 6.69. The number of aryl methyl sites for hydroxylation is 1. The average molecular weight is 367 g/mol. The zero-order valence-corrected chi connectivity index (χ0v) is 14.9. The zero-order chi connectivity index (χ0) is 18.0. The third-order valence-corrected chi connectivity index (χ3v) is 4.77. The van der Waals surface area contributed by atoms with Crippen LogP contribution in [0.25, 0.3) is 0 Å². The van der Waals surface area contributed by atoms with Gasteiger partial charge < -0.3 is 14.7 Å². The molecular formula is C17H20ClFN4O2. The molecule has 0 bridgehead atoms. The average Bonchev–Trinajstić information content (AvgIpc) is 3.01. The summed E-state index contributed by atoms with van der Waals surface area (Å²) in [5.74, 6) is 1.06. The topological polar surface area (TPSA) is 71.3 Å². The van der Waals surface area contributed by atoms with Gasteiger partial charge in [-0.15, -0.1) is 0 Å². The van der Waals surface area contributed by atoms with E-state index in [2.05, 4.69) is 15.5 Å². The molecule has 2 amide bonds. The van der Waals surface area contributed by atoms with Crippen LogP contribution < -0.4 is 5.32 Å². The zero-order valence-electron chi connectivity index (χ0n) is 14.1. The number of nitrogens with one attached hydrogen (secondary N) is 1. The summed E-state index contributed by atoms with van der Waals surface area (Å²) in [4.78, 5) is 18.5. The second kappa shape index (κ2) is 7.39. The Morgan fingerprint density at radius 2 is 2.16 bits per heavy atom. The lowest BCUT2D eigenvalue weighted by Gasteiger charge is -2.31. The molecule has 25 heavy (non-hydrogen) atoms. The molecule has 2 heterocycles. The fraction of sp³-hybridized carbons (Fsp3) is 0.471. The van der Waals surface area contributed by atoms with Crippen molar-refractivity contribution in [2.75, 3.05) is 13.1 Å². The number of hydrogen-bond acceptors (Lipinski definition) is 4. The number of hydrogen-bond donors (Lipinski definition) is 1. The van der Waals surface area contributed by atoms with Crippen molar-refractivity contribution < 1.29 is 13.7 Å². The van der Waals surface area contributed by atoms with Gasteiger partial charge in [-0.3, -0.25) is 0 Å². The monoisotopic (exact) mass is 366 g/mol. The Bertz CT molecular complexity index is 759. The number of carbonyl (C=O) groups excluding carboxylic acids is 1. The predicted molar refractivity (Wildman–Crippen MR) is 90.9 cm³/mol. The van der Waals surface area contributed by atoms with Crippen molar-refractivity contribution in [2.24, 2.45) is 0 Å². The van der Waals surface area contributed by atoms with Gasteiger partial charge in [-0.05, 0) is 44.4 Å². The summed E-state index contributed by atoms with van der Waals surface area (Å²) in [6, 6.07) is 3.70. The van der Waals surface area contributed by atoms with Crippen LogP contribution in [0.15, 0.2) is 22.7 Å². The minimum Gasteiger partial charge on any atom is -0.339 e. The van der Waals surface area contributed by atoms with E-state index in [1.807, 2.05) is 6.92 Å². The predicted octanol–water partition coefficient (Wildman–Crippen LogP) is 3.82. The van der Waals surface area contributed by atoms with Gasteiger partial charge in [0.05, 0.1) is 6.04 Å². The normalized spacial score (nSPS) is 16.7. The molecule has 1 aromatic heterocycles. The highest BCUT2D eigenvalue weighted by atomic mass is 35.5. The molecule has 6 nitrogen and oxygen atoms in total. The molecule has 3 rings (SSSR count). The number of piperidine rings is 1. The highest BCUT2D eigenvalue weighted by Crippen LogP contribution is 2.28. The summed E-state index contributed by atoms with van der Waals surface area (Å²) in [5, 5.41) is 7.03. The number of benzene rings is 1. The van der Waals surface area contributed by atoms with E-state index in [-0.39, 0.29) is 18.0 Å². The SMILES string of the molecule is Cc1noc(C2CCN(C(=O)NC(C)c3ccc(F)cc3Cl)CC2)n1. The van der Waals surface area contributed by atoms with Gasteiger partial charge in [0.2, 0.25) is 5.89 Å². The van der Waals surface area contributed by atoms with Gasteiger partial charge in [-0.1, -0.05) is 22.8 Å². The first kappa shape index (κ1) is 17.7. The van der Waals surface area contributed by atoms with Gasteiger partial charge in [-0.2, -0.15) is 4.98 Å². The number of urea groups is 1. The van der Waals surface area contributed by atoms with Gasteiger partial charge in [0.15, 0.2) is 5.82 Å². The number of amides is 2. The third kappa shape index (κ3) is 4.10. The maximum absolute atomic E-state index is 13.1. The van der Waals surface area contributed by atoms with Crippen LogP contribution in [-0.4, -0.2) is 34.2 Å². The van der Waals surface area contributed by atoms with Crippen molar-refractivity contribution >= 4 is 17.6 Å². The Hall–Kier alpha value is -2.15. The summed E-state index contributed by atoms with van der Waals surface area (Å²) in [6.45, 7) is 4.84. The first-order valence-electron chi connectivity index (χ1n) is 8.24. The lowest BCUT2D eigenvalue weighted by Crippen LogP contribution is -2.44. The molecule has 1 aliphatic heterocycles. The van der Waals surface area contributed by atoms with Crippen LogP contribution in [0.3, 0.4) is 0 Å². The minimum absolute atomic E-state index is 0.159. The quantitative estimate of drug-likeness (QED) is 0.896. The standard InChI is InChI=1S/C17H20ClFN4O2/c1-10(14-4-3-13(19)9-15(14)18)20-17(24)23-7-5-12(6-8-23)16-21-11(2)22-25-16/h3-4,9-10,12H,5-8H2,1-2H3,(H,20,24). The summed E-state index contributed by atoms with van der Waals surface area (Å²) in [6.07, 6.45) is 1.56.